The summed E-state index contributed by atoms with van der Waals surface area (Å²) in [5.41, 5.74) is 2.14. The molecule has 96 valence electrons. The summed E-state index contributed by atoms with van der Waals surface area (Å²) in [5.74, 6) is 1.09. The molecular formula is C16H11N3O. The number of nitriles is 1. The quantitative estimate of drug-likeness (QED) is 0.707. The Kier molecular flexibility index (Phi) is 3.02. The molecule has 0 amide bonds. The number of pyridine rings is 2. The SMILES string of the molecule is Cc1cc(C#N)cc(Oc2cccc3ncccc23)n1. The van der Waals surface area contributed by atoms with E-state index in [0.29, 0.717) is 17.2 Å². The third-order valence-electron chi connectivity index (χ3n) is 2.88. The van der Waals surface area contributed by atoms with Crippen molar-refractivity contribution in [1.82, 2.24) is 9.97 Å². The maximum Gasteiger partial charge on any atom is 0.220 e. The minimum absolute atomic E-state index is 0.415. The number of hydrogen-bond donors (Lipinski definition) is 0. The van der Waals surface area contributed by atoms with E-state index in [0.717, 1.165) is 16.6 Å². The Morgan fingerprint density at radius 2 is 2.05 bits per heavy atom. The fourth-order valence-electron chi connectivity index (χ4n) is 2.03. The Hall–Kier alpha value is -2.93. The maximum absolute atomic E-state index is 8.98. The highest BCUT2D eigenvalue weighted by atomic mass is 16.5. The molecule has 2 aromatic heterocycles. The molecule has 4 nitrogen and oxygen atoms in total. The first-order valence-electron chi connectivity index (χ1n) is 6.16. The van der Waals surface area contributed by atoms with Gasteiger partial charge in [-0.3, -0.25) is 4.98 Å². The number of fused-ring (bicyclic) bond motifs is 1. The van der Waals surface area contributed by atoms with Gasteiger partial charge in [0, 0.05) is 23.3 Å². The fraction of sp³-hybridized carbons (Fsp3) is 0.0625. The Labute approximate surface area is 116 Å². The summed E-state index contributed by atoms with van der Waals surface area (Å²) in [5, 5.41) is 9.89. The average molecular weight is 261 g/mol. The molecule has 0 spiro atoms. The number of aryl methyl sites for hydroxylation is 1. The van der Waals surface area contributed by atoms with Crippen LogP contribution < -0.4 is 4.74 Å². The molecule has 0 bridgehead atoms. The predicted octanol–water partition coefficient (Wildman–Crippen LogP) is 3.60. The number of hydrogen-bond acceptors (Lipinski definition) is 4. The standard InChI is InChI=1S/C16H11N3O/c1-11-8-12(10-17)9-16(19-11)20-15-6-2-5-14-13(15)4-3-7-18-14/h2-9H,1H3. The van der Waals surface area contributed by atoms with Gasteiger partial charge in [-0.05, 0) is 37.3 Å². The van der Waals surface area contributed by atoms with E-state index in [1.165, 1.54) is 0 Å². The van der Waals surface area contributed by atoms with Gasteiger partial charge in [-0.2, -0.15) is 5.26 Å². The lowest BCUT2D eigenvalue weighted by Gasteiger charge is -2.08. The zero-order chi connectivity index (χ0) is 13.9. The maximum atomic E-state index is 8.98. The van der Waals surface area contributed by atoms with Crippen LogP contribution in [-0.4, -0.2) is 9.97 Å². The molecule has 0 saturated carbocycles. The van der Waals surface area contributed by atoms with Gasteiger partial charge in [0.1, 0.15) is 5.75 Å². The highest BCUT2D eigenvalue weighted by Crippen LogP contribution is 2.28. The van der Waals surface area contributed by atoms with Crippen LogP contribution in [0.4, 0.5) is 0 Å². The Bertz CT molecular complexity index is 816. The molecule has 0 saturated heterocycles. The van der Waals surface area contributed by atoms with E-state index in [9.17, 15) is 0 Å². The molecule has 3 rings (SSSR count). The van der Waals surface area contributed by atoms with Crippen molar-refractivity contribution >= 4 is 10.9 Å². The monoisotopic (exact) mass is 261 g/mol. The van der Waals surface area contributed by atoms with Crippen LogP contribution in [0.25, 0.3) is 10.9 Å². The van der Waals surface area contributed by atoms with Gasteiger partial charge in [-0.25, -0.2) is 4.98 Å². The van der Waals surface area contributed by atoms with E-state index < -0.39 is 0 Å². The molecular weight excluding hydrogens is 250 g/mol. The zero-order valence-electron chi connectivity index (χ0n) is 10.9. The summed E-state index contributed by atoms with van der Waals surface area (Å²) in [6.07, 6.45) is 1.74. The first kappa shape index (κ1) is 12.1. The number of ether oxygens (including phenoxy) is 1. The Morgan fingerprint density at radius 3 is 2.90 bits per heavy atom. The molecule has 0 N–H and O–H groups in total. The van der Waals surface area contributed by atoms with Crippen LogP contribution in [0.5, 0.6) is 11.6 Å². The van der Waals surface area contributed by atoms with E-state index in [1.54, 1.807) is 18.3 Å². The Balaban J connectivity index is 2.06. The van der Waals surface area contributed by atoms with Crippen LogP contribution in [0, 0.1) is 18.3 Å². The molecule has 1 aromatic carbocycles. The Morgan fingerprint density at radius 1 is 1.15 bits per heavy atom. The minimum atomic E-state index is 0.415. The van der Waals surface area contributed by atoms with Gasteiger partial charge in [0.25, 0.3) is 0 Å². The summed E-state index contributed by atoms with van der Waals surface area (Å²) in [6.45, 7) is 1.83. The fourth-order valence-corrected chi connectivity index (χ4v) is 2.03. The third-order valence-corrected chi connectivity index (χ3v) is 2.88. The molecule has 0 atom stereocenters. The highest BCUT2D eigenvalue weighted by molar-refractivity contribution is 5.85. The molecule has 0 fully saturated rings. The summed E-state index contributed by atoms with van der Waals surface area (Å²) < 4.78 is 5.81. The summed E-state index contributed by atoms with van der Waals surface area (Å²) >= 11 is 0. The second-order valence-electron chi connectivity index (χ2n) is 4.38. The van der Waals surface area contributed by atoms with Gasteiger partial charge in [-0.15, -0.1) is 0 Å². The van der Waals surface area contributed by atoms with E-state index in [-0.39, 0.29) is 0 Å². The lowest BCUT2D eigenvalue weighted by molar-refractivity contribution is 0.466. The molecule has 2 heterocycles. The molecule has 0 aliphatic heterocycles. The normalized spacial score (nSPS) is 10.2. The van der Waals surface area contributed by atoms with Gasteiger partial charge in [0.05, 0.1) is 17.1 Å². The average Bonchev–Trinajstić information content (AvgIpc) is 2.47. The second-order valence-corrected chi connectivity index (χ2v) is 4.38. The largest absolute Gasteiger partial charge is 0.438 e. The van der Waals surface area contributed by atoms with Gasteiger partial charge in [-0.1, -0.05) is 6.07 Å². The molecule has 0 aliphatic carbocycles. The number of rotatable bonds is 2. The second kappa shape index (κ2) is 4.98. The van der Waals surface area contributed by atoms with Crippen LogP contribution in [0.2, 0.25) is 0 Å². The first-order valence-corrected chi connectivity index (χ1v) is 6.16. The van der Waals surface area contributed by atoms with E-state index in [1.807, 2.05) is 37.3 Å². The van der Waals surface area contributed by atoms with Crippen molar-refractivity contribution in [3.63, 3.8) is 0 Å². The molecule has 3 aromatic rings. The van der Waals surface area contributed by atoms with Crippen LogP contribution >= 0.6 is 0 Å². The van der Waals surface area contributed by atoms with Crippen molar-refractivity contribution in [2.24, 2.45) is 0 Å². The van der Waals surface area contributed by atoms with E-state index in [4.69, 9.17) is 10.00 Å². The van der Waals surface area contributed by atoms with Gasteiger partial charge >= 0.3 is 0 Å². The third kappa shape index (κ3) is 2.29. The number of benzene rings is 1. The topological polar surface area (TPSA) is 58.8 Å². The number of nitrogens with zero attached hydrogens (tertiary/aromatic N) is 3. The highest BCUT2D eigenvalue weighted by Gasteiger charge is 2.06. The smallest absolute Gasteiger partial charge is 0.220 e. The predicted molar refractivity (Wildman–Crippen MR) is 75.5 cm³/mol. The molecule has 4 heteroatoms. The van der Waals surface area contributed by atoms with Crippen LogP contribution in [-0.2, 0) is 0 Å². The van der Waals surface area contributed by atoms with E-state index in [2.05, 4.69) is 16.0 Å². The van der Waals surface area contributed by atoms with Gasteiger partial charge in [0.2, 0.25) is 5.88 Å². The van der Waals surface area contributed by atoms with Gasteiger partial charge in [0.15, 0.2) is 0 Å². The van der Waals surface area contributed by atoms with Crippen molar-refractivity contribution in [2.75, 3.05) is 0 Å². The van der Waals surface area contributed by atoms with E-state index >= 15 is 0 Å². The molecule has 20 heavy (non-hydrogen) atoms. The summed E-state index contributed by atoms with van der Waals surface area (Å²) in [7, 11) is 0. The van der Waals surface area contributed by atoms with Crippen LogP contribution in [0.3, 0.4) is 0 Å². The van der Waals surface area contributed by atoms with Crippen molar-refractivity contribution < 1.29 is 4.74 Å². The first-order chi connectivity index (χ1) is 9.76. The number of aromatic nitrogens is 2. The molecule has 0 radical (unpaired) electrons. The summed E-state index contributed by atoms with van der Waals surface area (Å²) in [4.78, 5) is 8.57. The van der Waals surface area contributed by atoms with Crippen molar-refractivity contribution in [3.05, 3.63) is 59.9 Å². The van der Waals surface area contributed by atoms with Crippen molar-refractivity contribution in [1.29, 1.82) is 5.26 Å². The van der Waals surface area contributed by atoms with Gasteiger partial charge < -0.3 is 4.74 Å². The van der Waals surface area contributed by atoms with Crippen LogP contribution in [0.1, 0.15) is 11.3 Å². The lowest BCUT2D eigenvalue weighted by Crippen LogP contribution is -1.92. The summed E-state index contributed by atoms with van der Waals surface area (Å²) in [6, 6.07) is 14.9. The molecule has 0 unspecified atom stereocenters. The zero-order valence-corrected chi connectivity index (χ0v) is 10.9. The van der Waals surface area contributed by atoms with Crippen molar-refractivity contribution in [2.45, 2.75) is 6.92 Å². The van der Waals surface area contributed by atoms with Crippen LogP contribution in [0.15, 0.2) is 48.7 Å². The molecule has 0 aliphatic rings. The minimum Gasteiger partial charge on any atom is -0.438 e. The lowest BCUT2D eigenvalue weighted by atomic mass is 10.2. The van der Waals surface area contributed by atoms with Crippen molar-refractivity contribution in [3.8, 4) is 17.7 Å².